The molecule has 2 N–H and O–H groups in total. The lowest BCUT2D eigenvalue weighted by Crippen LogP contribution is -2.47. The summed E-state index contributed by atoms with van der Waals surface area (Å²) in [5.41, 5.74) is 1.57. The predicted molar refractivity (Wildman–Crippen MR) is 101 cm³/mol. The average molecular weight is 476 g/mol. The van der Waals surface area contributed by atoms with Crippen LogP contribution in [-0.2, 0) is 9.53 Å². The third kappa shape index (κ3) is 4.17. The van der Waals surface area contributed by atoms with E-state index in [9.17, 15) is 9.59 Å². The fraction of sp³-hybridized carbons (Fsp3) is 0.412. The Labute approximate surface area is 163 Å². The second-order valence-corrected chi connectivity index (χ2v) is 7.51. The molecule has 0 saturated carbocycles. The molecule has 1 aromatic carbocycles. The minimum Gasteiger partial charge on any atom is -0.495 e. The van der Waals surface area contributed by atoms with Crippen LogP contribution in [0.25, 0.3) is 0 Å². The van der Waals surface area contributed by atoms with Crippen LogP contribution in [0.1, 0.15) is 32.4 Å². The molecule has 0 fully saturated rings. The maximum Gasteiger partial charge on any atom is 0.338 e. The SMILES string of the molecule is CCOC(=O)C1=C(C(C)C)NC(=O)NC1c1cc(Br)cc(Br)c1OC. The third-order valence-corrected chi connectivity index (χ3v) is 4.77. The molecule has 2 rings (SSSR count). The van der Waals surface area contributed by atoms with Crippen molar-refractivity contribution in [2.24, 2.45) is 5.92 Å². The molecule has 1 unspecified atom stereocenters. The van der Waals surface area contributed by atoms with Crippen molar-refractivity contribution in [3.05, 3.63) is 37.9 Å². The Morgan fingerprint density at radius 1 is 1.32 bits per heavy atom. The number of amides is 2. The highest BCUT2D eigenvalue weighted by atomic mass is 79.9. The lowest BCUT2D eigenvalue weighted by atomic mass is 9.91. The highest BCUT2D eigenvalue weighted by Gasteiger charge is 2.36. The number of benzene rings is 1. The summed E-state index contributed by atoms with van der Waals surface area (Å²) in [4.78, 5) is 24.8. The largest absolute Gasteiger partial charge is 0.495 e. The van der Waals surface area contributed by atoms with Crippen molar-refractivity contribution < 1.29 is 19.1 Å². The zero-order valence-corrected chi connectivity index (χ0v) is 17.6. The molecule has 6 nitrogen and oxygen atoms in total. The van der Waals surface area contributed by atoms with Crippen LogP contribution in [0.4, 0.5) is 4.79 Å². The van der Waals surface area contributed by atoms with Gasteiger partial charge in [-0.05, 0) is 40.9 Å². The van der Waals surface area contributed by atoms with Crippen LogP contribution in [0, 0.1) is 5.92 Å². The number of nitrogens with one attached hydrogen (secondary N) is 2. The fourth-order valence-corrected chi connectivity index (χ4v) is 4.14. The van der Waals surface area contributed by atoms with E-state index < -0.39 is 12.0 Å². The Kier molecular flexibility index (Phi) is 6.51. The quantitative estimate of drug-likeness (QED) is 0.630. The molecule has 25 heavy (non-hydrogen) atoms. The maximum absolute atomic E-state index is 12.6. The first-order valence-corrected chi connectivity index (χ1v) is 9.40. The number of halogens is 2. The number of rotatable bonds is 5. The molecule has 136 valence electrons. The van der Waals surface area contributed by atoms with Gasteiger partial charge in [-0.15, -0.1) is 0 Å². The summed E-state index contributed by atoms with van der Waals surface area (Å²) in [6.45, 7) is 5.80. The Bertz CT molecular complexity index is 732. The molecule has 1 heterocycles. The number of allylic oxidation sites excluding steroid dienone is 1. The molecular formula is C17H20Br2N2O4. The summed E-state index contributed by atoms with van der Waals surface area (Å²) >= 11 is 6.90. The lowest BCUT2D eigenvalue weighted by molar-refractivity contribution is -0.139. The Hall–Kier alpha value is -1.54. The van der Waals surface area contributed by atoms with Crippen molar-refractivity contribution in [2.75, 3.05) is 13.7 Å². The number of hydrogen-bond acceptors (Lipinski definition) is 4. The Morgan fingerprint density at radius 3 is 2.56 bits per heavy atom. The molecule has 0 bridgehead atoms. The average Bonchev–Trinajstić information content (AvgIpc) is 2.53. The molecule has 0 radical (unpaired) electrons. The van der Waals surface area contributed by atoms with Gasteiger partial charge in [0, 0.05) is 15.7 Å². The van der Waals surface area contributed by atoms with E-state index in [4.69, 9.17) is 9.47 Å². The number of carbonyl (C=O) groups excluding carboxylic acids is 2. The molecule has 2 amide bonds. The summed E-state index contributed by atoms with van der Waals surface area (Å²) < 4.78 is 12.2. The Morgan fingerprint density at radius 2 is 2.00 bits per heavy atom. The topological polar surface area (TPSA) is 76.7 Å². The van der Waals surface area contributed by atoms with Gasteiger partial charge in [-0.1, -0.05) is 29.8 Å². The Balaban J connectivity index is 2.70. The second-order valence-electron chi connectivity index (χ2n) is 5.74. The lowest BCUT2D eigenvalue weighted by Gasteiger charge is -2.31. The first-order chi connectivity index (χ1) is 11.8. The van der Waals surface area contributed by atoms with Gasteiger partial charge in [0.15, 0.2) is 0 Å². The molecule has 0 aromatic heterocycles. The van der Waals surface area contributed by atoms with Crippen LogP contribution < -0.4 is 15.4 Å². The summed E-state index contributed by atoms with van der Waals surface area (Å²) in [5, 5.41) is 5.54. The second kappa shape index (κ2) is 8.23. The van der Waals surface area contributed by atoms with Gasteiger partial charge in [-0.2, -0.15) is 0 Å². The van der Waals surface area contributed by atoms with E-state index in [0.717, 1.165) is 4.47 Å². The molecule has 0 aliphatic carbocycles. The number of urea groups is 1. The van der Waals surface area contributed by atoms with Crippen molar-refractivity contribution in [3.63, 3.8) is 0 Å². The monoisotopic (exact) mass is 474 g/mol. The minimum atomic E-state index is -0.686. The fourth-order valence-electron chi connectivity index (χ4n) is 2.72. The van der Waals surface area contributed by atoms with E-state index in [1.807, 2.05) is 26.0 Å². The van der Waals surface area contributed by atoms with Crippen LogP contribution >= 0.6 is 31.9 Å². The normalized spacial score (nSPS) is 17.2. The predicted octanol–water partition coefficient (Wildman–Crippen LogP) is 4.05. The summed E-state index contributed by atoms with van der Waals surface area (Å²) in [7, 11) is 1.54. The number of hydrogen-bond donors (Lipinski definition) is 2. The van der Waals surface area contributed by atoms with Crippen LogP contribution in [-0.4, -0.2) is 25.7 Å². The minimum absolute atomic E-state index is 0.0606. The van der Waals surface area contributed by atoms with Gasteiger partial charge in [-0.3, -0.25) is 0 Å². The smallest absolute Gasteiger partial charge is 0.338 e. The van der Waals surface area contributed by atoms with Crippen molar-refractivity contribution in [1.82, 2.24) is 10.6 Å². The molecule has 8 heteroatoms. The van der Waals surface area contributed by atoms with E-state index in [1.165, 1.54) is 7.11 Å². The van der Waals surface area contributed by atoms with E-state index >= 15 is 0 Å². The van der Waals surface area contributed by atoms with Crippen molar-refractivity contribution in [3.8, 4) is 5.75 Å². The van der Waals surface area contributed by atoms with Gasteiger partial charge >= 0.3 is 12.0 Å². The first kappa shape index (κ1) is 19.8. The van der Waals surface area contributed by atoms with Gasteiger partial charge in [0.1, 0.15) is 5.75 Å². The number of ether oxygens (including phenoxy) is 2. The van der Waals surface area contributed by atoms with E-state index in [1.54, 1.807) is 6.92 Å². The molecule has 0 spiro atoms. The van der Waals surface area contributed by atoms with Gasteiger partial charge in [0.25, 0.3) is 0 Å². The molecule has 1 atom stereocenters. The van der Waals surface area contributed by atoms with Crippen LogP contribution in [0.5, 0.6) is 5.75 Å². The number of esters is 1. The molecule has 1 aliphatic rings. The first-order valence-electron chi connectivity index (χ1n) is 7.81. The summed E-state index contributed by atoms with van der Waals surface area (Å²) in [6.07, 6.45) is 0. The van der Waals surface area contributed by atoms with E-state index in [0.29, 0.717) is 27.1 Å². The van der Waals surface area contributed by atoms with Gasteiger partial charge in [0.2, 0.25) is 0 Å². The van der Waals surface area contributed by atoms with Crippen LogP contribution in [0.3, 0.4) is 0 Å². The molecule has 1 aliphatic heterocycles. The van der Waals surface area contributed by atoms with Crippen LogP contribution in [0.2, 0.25) is 0 Å². The van der Waals surface area contributed by atoms with E-state index in [-0.39, 0.29) is 18.6 Å². The zero-order valence-electron chi connectivity index (χ0n) is 14.4. The zero-order chi connectivity index (χ0) is 18.7. The van der Waals surface area contributed by atoms with Gasteiger partial charge < -0.3 is 20.1 Å². The molecule has 1 aromatic rings. The summed E-state index contributed by atoms with van der Waals surface area (Å²) in [6, 6.07) is 2.59. The standard InChI is InChI=1S/C17H20Br2N2O4/c1-5-25-16(22)12-13(8(2)3)20-17(23)21-14(12)10-6-9(18)7-11(19)15(10)24-4/h6-8,14H,5H2,1-4H3,(H2,20,21,23). The molecular weight excluding hydrogens is 456 g/mol. The highest BCUT2D eigenvalue weighted by molar-refractivity contribution is 9.11. The third-order valence-electron chi connectivity index (χ3n) is 3.73. The van der Waals surface area contributed by atoms with Crippen molar-refractivity contribution in [1.29, 1.82) is 0 Å². The van der Waals surface area contributed by atoms with Crippen molar-refractivity contribution >= 4 is 43.9 Å². The van der Waals surface area contributed by atoms with Crippen LogP contribution in [0.15, 0.2) is 32.3 Å². The van der Waals surface area contributed by atoms with Gasteiger partial charge in [0.05, 0.1) is 29.8 Å². The molecule has 0 saturated heterocycles. The van der Waals surface area contributed by atoms with Gasteiger partial charge in [-0.25, -0.2) is 9.59 Å². The highest BCUT2D eigenvalue weighted by Crippen LogP contribution is 2.40. The van der Waals surface area contributed by atoms with Crippen molar-refractivity contribution in [2.45, 2.75) is 26.8 Å². The summed E-state index contributed by atoms with van der Waals surface area (Å²) in [5.74, 6) is 0.0108. The number of methoxy groups -OCH3 is 1. The van der Waals surface area contributed by atoms with E-state index in [2.05, 4.69) is 42.5 Å². The number of carbonyl (C=O) groups is 2. The maximum atomic E-state index is 12.6.